The molecule has 1 amide bonds. The summed E-state index contributed by atoms with van der Waals surface area (Å²) in [5, 5.41) is 9.00. The monoisotopic (exact) mass is 218 g/mol. The molecule has 1 aliphatic heterocycles. The van der Waals surface area contributed by atoms with Crippen molar-refractivity contribution in [1.29, 1.82) is 5.26 Å². The molecule has 1 unspecified atom stereocenters. The zero-order valence-electron chi connectivity index (χ0n) is 9.27. The molecule has 0 aromatic carbocycles. The molecule has 1 aromatic heterocycles. The van der Waals surface area contributed by atoms with Crippen LogP contribution in [0.1, 0.15) is 35.4 Å². The molecule has 84 valence electrons. The van der Waals surface area contributed by atoms with Gasteiger partial charge in [-0.25, -0.2) is 0 Å². The van der Waals surface area contributed by atoms with Gasteiger partial charge in [-0.05, 0) is 32.3 Å². The van der Waals surface area contributed by atoms with Gasteiger partial charge < -0.3 is 9.32 Å². The Morgan fingerprint density at radius 2 is 2.44 bits per heavy atom. The third kappa shape index (κ3) is 1.94. The lowest BCUT2D eigenvalue weighted by Gasteiger charge is -2.30. The van der Waals surface area contributed by atoms with Gasteiger partial charge in [0.2, 0.25) is 0 Å². The third-order valence-electron chi connectivity index (χ3n) is 2.89. The Bertz CT molecular complexity index is 430. The number of nitrogens with zero attached hydrogens (tertiary/aromatic N) is 2. The Balaban J connectivity index is 2.17. The number of aryl methyl sites for hydroxylation is 1. The molecule has 0 aliphatic carbocycles. The lowest BCUT2D eigenvalue weighted by Crippen LogP contribution is -2.42. The lowest BCUT2D eigenvalue weighted by atomic mass is 10.0. The van der Waals surface area contributed by atoms with E-state index in [1.165, 1.54) is 6.26 Å². The molecule has 0 saturated carbocycles. The molecule has 4 nitrogen and oxygen atoms in total. The fourth-order valence-electron chi connectivity index (χ4n) is 2.03. The first-order chi connectivity index (χ1) is 7.72. The van der Waals surface area contributed by atoms with Gasteiger partial charge in [-0.2, -0.15) is 5.26 Å². The zero-order chi connectivity index (χ0) is 11.5. The molecule has 0 spiro atoms. The number of piperidine rings is 1. The predicted molar refractivity (Wildman–Crippen MR) is 57.7 cm³/mol. The molecule has 1 saturated heterocycles. The smallest absolute Gasteiger partial charge is 0.258 e. The Morgan fingerprint density at radius 3 is 3.06 bits per heavy atom. The summed E-state index contributed by atoms with van der Waals surface area (Å²) in [7, 11) is 0. The highest BCUT2D eigenvalue weighted by atomic mass is 16.3. The topological polar surface area (TPSA) is 57.2 Å². The zero-order valence-corrected chi connectivity index (χ0v) is 9.27. The Labute approximate surface area is 94.5 Å². The van der Waals surface area contributed by atoms with Crippen molar-refractivity contribution in [1.82, 2.24) is 4.90 Å². The van der Waals surface area contributed by atoms with E-state index in [9.17, 15) is 4.79 Å². The van der Waals surface area contributed by atoms with E-state index >= 15 is 0 Å². The SMILES string of the molecule is Cc1cc(C(=O)N2CCCCC2C#N)co1. The summed E-state index contributed by atoms with van der Waals surface area (Å²) in [5.41, 5.74) is 0.541. The summed E-state index contributed by atoms with van der Waals surface area (Å²) in [6.45, 7) is 2.47. The first kappa shape index (κ1) is 10.7. The third-order valence-corrected chi connectivity index (χ3v) is 2.89. The van der Waals surface area contributed by atoms with E-state index in [2.05, 4.69) is 6.07 Å². The van der Waals surface area contributed by atoms with E-state index in [1.54, 1.807) is 17.9 Å². The van der Waals surface area contributed by atoms with Gasteiger partial charge in [0.1, 0.15) is 18.1 Å². The van der Waals surface area contributed by atoms with Gasteiger partial charge in [-0.3, -0.25) is 4.79 Å². The first-order valence-electron chi connectivity index (χ1n) is 5.48. The maximum absolute atomic E-state index is 12.1. The first-order valence-corrected chi connectivity index (χ1v) is 5.48. The summed E-state index contributed by atoms with van der Waals surface area (Å²) >= 11 is 0. The van der Waals surface area contributed by atoms with Crippen molar-refractivity contribution >= 4 is 5.91 Å². The summed E-state index contributed by atoms with van der Waals surface area (Å²) in [5.74, 6) is 0.622. The van der Waals surface area contributed by atoms with Crippen molar-refractivity contribution in [3.63, 3.8) is 0 Å². The van der Waals surface area contributed by atoms with E-state index in [0.29, 0.717) is 17.9 Å². The normalized spacial score (nSPS) is 20.5. The van der Waals surface area contributed by atoms with Crippen molar-refractivity contribution in [2.45, 2.75) is 32.2 Å². The highest BCUT2D eigenvalue weighted by molar-refractivity contribution is 5.94. The van der Waals surface area contributed by atoms with Crippen LogP contribution in [0.4, 0.5) is 0 Å². The van der Waals surface area contributed by atoms with E-state index in [-0.39, 0.29) is 11.9 Å². The van der Waals surface area contributed by atoms with Crippen LogP contribution < -0.4 is 0 Å². The number of rotatable bonds is 1. The van der Waals surface area contributed by atoms with Crippen molar-refractivity contribution in [3.8, 4) is 6.07 Å². The van der Waals surface area contributed by atoms with Crippen molar-refractivity contribution in [2.75, 3.05) is 6.54 Å². The number of hydrogen-bond acceptors (Lipinski definition) is 3. The van der Waals surface area contributed by atoms with E-state index in [0.717, 1.165) is 19.3 Å². The Hall–Kier alpha value is -1.76. The fraction of sp³-hybridized carbons (Fsp3) is 0.500. The molecule has 4 heteroatoms. The molecule has 0 bridgehead atoms. The van der Waals surface area contributed by atoms with Crippen LogP contribution in [0.3, 0.4) is 0 Å². The average molecular weight is 218 g/mol. The molecule has 16 heavy (non-hydrogen) atoms. The lowest BCUT2D eigenvalue weighted by molar-refractivity contribution is 0.0670. The summed E-state index contributed by atoms with van der Waals surface area (Å²) in [6, 6.07) is 3.62. The summed E-state index contributed by atoms with van der Waals surface area (Å²) in [4.78, 5) is 13.7. The van der Waals surface area contributed by atoms with Gasteiger partial charge >= 0.3 is 0 Å². The number of furan rings is 1. The molecule has 2 heterocycles. The van der Waals surface area contributed by atoms with Crippen molar-refractivity contribution < 1.29 is 9.21 Å². The van der Waals surface area contributed by atoms with Gasteiger partial charge in [-0.15, -0.1) is 0 Å². The van der Waals surface area contributed by atoms with Gasteiger partial charge in [0.05, 0.1) is 11.6 Å². The minimum Gasteiger partial charge on any atom is -0.469 e. The second-order valence-corrected chi connectivity index (χ2v) is 4.09. The maximum atomic E-state index is 12.1. The highest BCUT2D eigenvalue weighted by Gasteiger charge is 2.27. The fourth-order valence-corrected chi connectivity index (χ4v) is 2.03. The van der Waals surface area contributed by atoms with Gasteiger partial charge in [0, 0.05) is 6.54 Å². The van der Waals surface area contributed by atoms with Crippen LogP contribution >= 0.6 is 0 Å². The second kappa shape index (κ2) is 4.40. The van der Waals surface area contributed by atoms with Crippen LogP contribution in [0.15, 0.2) is 16.7 Å². The van der Waals surface area contributed by atoms with Crippen LogP contribution in [0.25, 0.3) is 0 Å². The van der Waals surface area contributed by atoms with Crippen LogP contribution in [0.5, 0.6) is 0 Å². The van der Waals surface area contributed by atoms with E-state index < -0.39 is 0 Å². The quantitative estimate of drug-likeness (QED) is 0.725. The van der Waals surface area contributed by atoms with E-state index in [4.69, 9.17) is 9.68 Å². The van der Waals surface area contributed by atoms with Gasteiger partial charge in [0.15, 0.2) is 0 Å². The molecule has 0 radical (unpaired) electrons. The van der Waals surface area contributed by atoms with Crippen molar-refractivity contribution in [3.05, 3.63) is 23.7 Å². The minimum absolute atomic E-state index is 0.0944. The molecular formula is C12H14N2O2. The standard InChI is InChI=1S/C12H14N2O2/c1-9-6-10(8-16-9)12(15)14-5-3-2-4-11(14)7-13/h6,8,11H,2-5H2,1H3. The number of hydrogen-bond donors (Lipinski definition) is 0. The van der Waals surface area contributed by atoms with Crippen LogP contribution in [-0.4, -0.2) is 23.4 Å². The molecule has 1 aliphatic rings. The molecule has 1 fully saturated rings. The summed E-state index contributed by atoms with van der Waals surface area (Å²) in [6.07, 6.45) is 4.23. The number of amides is 1. The van der Waals surface area contributed by atoms with E-state index in [1.807, 2.05) is 0 Å². The summed E-state index contributed by atoms with van der Waals surface area (Å²) < 4.78 is 5.11. The largest absolute Gasteiger partial charge is 0.469 e. The predicted octanol–water partition coefficient (Wildman–Crippen LogP) is 2.11. The number of nitriles is 1. The Morgan fingerprint density at radius 1 is 1.62 bits per heavy atom. The molecule has 1 atom stereocenters. The van der Waals surface area contributed by atoms with Crippen LogP contribution in [-0.2, 0) is 0 Å². The van der Waals surface area contributed by atoms with Crippen LogP contribution in [0.2, 0.25) is 0 Å². The number of carbonyl (C=O) groups is 1. The maximum Gasteiger partial charge on any atom is 0.258 e. The minimum atomic E-state index is -0.281. The van der Waals surface area contributed by atoms with Crippen LogP contribution in [0, 0.1) is 18.3 Å². The average Bonchev–Trinajstić information content (AvgIpc) is 2.75. The molecule has 0 N–H and O–H groups in total. The number of carbonyl (C=O) groups excluding carboxylic acids is 1. The second-order valence-electron chi connectivity index (χ2n) is 4.09. The molecule has 1 aromatic rings. The molecule has 2 rings (SSSR count). The highest BCUT2D eigenvalue weighted by Crippen LogP contribution is 2.20. The molecular weight excluding hydrogens is 204 g/mol. The van der Waals surface area contributed by atoms with Gasteiger partial charge in [-0.1, -0.05) is 0 Å². The van der Waals surface area contributed by atoms with Gasteiger partial charge in [0.25, 0.3) is 5.91 Å². The van der Waals surface area contributed by atoms with Crippen molar-refractivity contribution in [2.24, 2.45) is 0 Å². The Kier molecular flexibility index (Phi) is 2.95. The number of likely N-dealkylation sites (tertiary alicyclic amines) is 1.